The van der Waals surface area contributed by atoms with Gasteiger partial charge in [-0.15, -0.1) is 5.10 Å². The Hall–Kier alpha value is -3.01. The van der Waals surface area contributed by atoms with Crippen molar-refractivity contribution < 1.29 is 38.8 Å². The van der Waals surface area contributed by atoms with Gasteiger partial charge in [-0.2, -0.15) is 15.3 Å². The van der Waals surface area contributed by atoms with Gasteiger partial charge >= 0.3 is 17.1 Å². The smallest absolute Gasteiger partial charge is 1.00 e. The van der Waals surface area contributed by atoms with Crippen LogP contribution in [0.1, 0.15) is 18.1 Å². The Balaban J connectivity index is 0.00000368. The second kappa shape index (κ2) is 20.3. The first-order valence-electron chi connectivity index (χ1n) is 14.2. The Labute approximate surface area is 304 Å². The van der Waals surface area contributed by atoms with Gasteiger partial charge in [0.25, 0.3) is 0 Å². The average Bonchev–Trinajstić information content (AvgIpc) is 3.07. The van der Waals surface area contributed by atoms with Gasteiger partial charge < -0.3 is 57.6 Å². The van der Waals surface area contributed by atoms with Crippen molar-refractivity contribution in [2.45, 2.75) is 13.8 Å². The molecule has 7 nitrogen and oxygen atoms in total. The number of rotatable bonds is 12. The fraction of sp³-hybridized carbons (Fsp3) is 0.176. The molecule has 2 N–H and O–H groups in total. The van der Waals surface area contributed by atoms with Crippen molar-refractivity contribution in [3.05, 3.63) is 126 Å². The maximum atomic E-state index is 6.41. The Morgan fingerprint density at radius 1 is 0.696 bits per heavy atom. The van der Waals surface area contributed by atoms with Gasteiger partial charge in [-0.3, -0.25) is 0 Å². The van der Waals surface area contributed by atoms with Gasteiger partial charge in [-0.25, -0.2) is 0 Å². The molecule has 0 unspecified atom stereocenters. The van der Waals surface area contributed by atoms with Crippen molar-refractivity contribution in [2.75, 3.05) is 26.5 Å². The predicted octanol–water partition coefficient (Wildman–Crippen LogP) is 1.66. The van der Waals surface area contributed by atoms with Gasteiger partial charge in [-0.05, 0) is 60.6 Å². The standard InChI is InChI=1S/C34H37N6OPS2.BrH.Cu/c1-26-19-21-28(22-20-26)32(38-39-33(43)35-3)27(2)37-40-34(44)36-23-24-41-25-42(29-13-7-4-8-14-29,30-15-9-5-10-16-30)31-17-11-6-12-18-31;;/h4-22H,23-25H2,1-3H3,(H3-,35,36,37,38,39,40,43,44);1H;/q;;+2/p-2. The van der Waals surface area contributed by atoms with Crippen molar-refractivity contribution in [3.63, 3.8) is 0 Å². The zero-order chi connectivity index (χ0) is 31.2. The van der Waals surface area contributed by atoms with Crippen molar-refractivity contribution in [1.29, 1.82) is 0 Å². The molecular formula is C34H36BrCuN6OPS2. The average molecular weight is 783 g/mol. The molecule has 0 heterocycles. The molecule has 0 saturated carbocycles. The summed E-state index contributed by atoms with van der Waals surface area (Å²) < 4.78 is 6.41. The van der Waals surface area contributed by atoms with E-state index in [1.807, 2.05) is 38.1 Å². The Morgan fingerprint density at radius 3 is 1.65 bits per heavy atom. The SMILES string of the molecule is CNC([S-])=NN=C(C(C)=NN=C([S-])NCCOC[P+](c1ccccc1)(c1ccccc1)c1ccccc1)c1ccc(C)cc1.[Br-].[Cu+2]. The maximum absolute atomic E-state index is 6.41. The number of hydrogen-bond acceptors (Lipinski definition) is 7. The van der Waals surface area contributed by atoms with Gasteiger partial charge in [0.15, 0.2) is 6.35 Å². The molecule has 4 rings (SSSR count). The predicted molar refractivity (Wildman–Crippen MR) is 193 cm³/mol. The van der Waals surface area contributed by atoms with E-state index in [2.05, 4.69) is 122 Å². The number of ether oxygens (including phenoxy) is 1. The first-order chi connectivity index (χ1) is 21.4. The Kier molecular flexibility index (Phi) is 17.3. The van der Waals surface area contributed by atoms with E-state index in [0.29, 0.717) is 30.9 Å². The summed E-state index contributed by atoms with van der Waals surface area (Å²) in [5.41, 5.74) is 3.10. The molecule has 0 aliphatic carbocycles. The van der Waals surface area contributed by atoms with Crippen molar-refractivity contribution in [3.8, 4) is 0 Å². The molecule has 12 heteroatoms. The van der Waals surface area contributed by atoms with Crippen LogP contribution in [-0.4, -0.2) is 48.3 Å². The summed E-state index contributed by atoms with van der Waals surface area (Å²) in [4.78, 5) is 0. The molecule has 0 aliphatic rings. The van der Waals surface area contributed by atoms with Crippen LogP contribution in [0.3, 0.4) is 0 Å². The minimum Gasteiger partial charge on any atom is -1.00 e. The molecule has 0 saturated heterocycles. The van der Waals surface area contributed by atoms with Crippen LogP contribution in [0.2, 0.25) is 0 Å². The van der Waals surface area contributed by atoms with Gasteiger partial charge in [0.2, 0.25) is 0 Å². The fourth-order valence-corrected chi connectivity index (χ4v) is 8.52. The van der Waals surface area contributed by atoms with Crippen molar-refractivity contribution >= 4 is 70.2 Å². The molecule has 0 amide bonds. The third kappa shape index (κ3) is 10.8. The van der Waals surface area contributed by atoms with E-state index in [1.54, 1.807) is 7.05 Å². The molecular weight excluding hydrogens is 747 g/mol. The van der Waals surface area contributed by atoms with Crippen molar-refractivity contribution in [1.82, 2.24) is 10.6 Å². The molecule has 46 heavy (non-hydrogen) atoms. The molecule has 0 aliphatic heterocycles. The van der Waals surface area contributed by atoms with Gasteiger partial charge in [0.05, 0.1) is 12.3 Å². The molecule has 0 bridgehead atoms. The number of halogens is 1. The summed E-state index contributed by atoms with van der Waals surface area (Å²) in [7, 11) is -0.369. The number of aryl methyl sites for hydroxylation is 1. The van der Waals surface area contributed by atoms with E-state index in [-0.39, 0.29) is 44.4 Å². The molecule has 0 spiro atoms. The largest absolute Gasteiger partial charge is 2.00 e. The first-order valence-corrected chi connectivity index (χ1v) is 17.0. The fourth-order valence-electron chi connectivity index (χ4n) is 4.55. The molecule has 0 atom stereocenters. The summed E-state index contributed by atoms with van der Waals surface area (Å²) in [6.45, 7) is 4.77. The number of hydrogen-bond donors (Lipinski definition) is 2. The summed E-state index contributed by atoms with van der Waals surface area (Å²) in [6, 6.07) is 39.9. The third-order valence-electron chi connectivity index (χ3n) is 6.81. The van der Waals surface area contributed by atoms with Crippen LogP contribution in [0.15, 0.2) is 136 Å². The first kappa shape index (κ1) is 39.2. The zero-order valence-corrected chi connectivity index (χ0v) is 30.8. The molecule has 0 fully saturated rings. The van der Waals surface area contributed by atoms with Crippen LogP contribution in [0, 0.1) is 6.92 Å². The van der Waals surface area contributed by atoms with E-state index in [1.165, 1.54) is 15.9 Å². The number of nitrogens with zero attached hydrogens (tertiary/aromatic N) is 4. The minimum absolute atomic E-state index is 0. The number of nitrogens with one attached hydrogen (secondary N) is 2. The second-order valence-corrected chi connectivity index (χ2v) is 14.0. The van der Waals surface area contributed by atoms with Gasteiger partial charge in [-0.1, -0.05) is 84.4 Å². The van der Waals surface area contributed by atoms with E-state index in [9.17, 15) is 0 Å². The summed E-state index contributed by atoms with van der Waals surface area (Å²) >= 11 is 10.6. The van der Waals surface area contributed by atoms with Crippen LogP contribution >= 0.6 is 7.26 Å². The van der Waals surface area contributed by atoms with E-state index in [4.69, 9.17) is 30.0 Å². The van der Waals surface area contributed by atoms with Gasteiger partial charge in [0, 0.05) is 19.2 Å². The second-order valence-electron chi connectivity index (χ2n) is 9.84. The van der Waals surface area contributed by atoms with Crippen LogP contribution < -0.4 is 43.5 Å². The van der Waals surface area contributed by atoms with Crippen LogP contribution in [0.25, 0.3) is 0 Å². The number of benzene rings is 4. The van der Waals surface area contributed by atoms with E-state index < -0.39 is 7.26 Å². The summed E-state index contributed by atoms with van der Waals surface area (Å²) in [5, 5.41) is 27.2. The summed E-state index contributed by atoms with van der Waals surface area (Å²) in [6.07, 6.45) is 0.558. The molecule has 4 aromatic rings. The van der Waals surface area contributed by atoms with Gasteiger partial charge in [0.1, 0.15) is 28.9 Å². The van der Waals surface area contributed by atoms with E-state index in [0.717, 1.165) is 11.1 Å². The normalized spacial score (nSPS) is 12.5. The minimum atomic E-state index is -2.07. The quantitative estimate of drug-likeness (QED) is 0.0435. The van der Waals surface area contributed by atoms with Crippen LogP contribution in [0.4, 0.5) is 0 Å². The van der Waals surface area contributed by atoms with Crippen LogP contribution in [0.5, 0.6) is 0 Å². The Bertz CT molecular complexity index is 1510. The Morgan fingerprint density at radius 2 is 1.17 bits per heavy atom. The van der Waals surface area contributed by atoms with Crippen molar-refractivity contribution in [2.24, 2.45) is 20.4 Å². The molecule has 4 aromatic carbocycles. The molecule has 1 radical (unpaired) electrons. The maximum Gasteiger partial charge on any atom is 2.00 e. The number of amidine groups is 2. The monoisotopic (exact) mass is 781 g/mol. The molecule has 243 valence electrons. The molecule has 0 aromatic heterocycles. The topological polar surface area (TPSA) is 82.7 Å². The summed E-state index contributed by atoms with van der Waals surface area (Å²) in [5.74, 6) is 0. The zero-order valence-electron chi connectivity index (χ0n) is 25.7. The van der Waals surface area contributed by atoms with Crippen LogP contribution in [-0.2, 0) is 47.1 Å². The van der Waals surface area contributed by atoms with E-state index >= 15 is 0 Å². The third-order valence-corrected chi connectivity index (χ3v) is 11.4.